The Bertz CT molecular complexity index is 1290. The fourth-order valence-corrected chi connectivity index (χ4v) is 3.65. The molecule has 2 aromatic carbocycles. The van der Waals surface area contributed by atoms with E-state index in [4.69, 9.17) is 5.14 Å². The molecular weight excluding hydrogens is 381 g/mol. The minimum absolute atomic E-state index is 0.0506. The van der Waals surface area contributed by atoms with E-state index in [9.17, 15) is 21.6 Å². The predicted molar refractivity (Wildman–Crippen MR) is 93.9 cm³/mol. The Kier molecular flexibility index (Phi) is 3.62. The van der Waals surface area contributed by atoms with E-state index in [1.54, 1.807) is 28.6 Å². The summed E-state index contributed by atoms with van der Waals surface area (Å²) in [6, 6.07) is 9.05. The fourth-order valence-electron chi connectivity index (χ4n) is 3.11. The van der Waals surface area contributed by atoms with Crippen LogP contribution in [0.3, 0.4) is 0 Å². The molecule has 0 saturated carbocycles. The lowest BCUT2D eigenvalue weighted by atomic mass is 10.2. The number of rotatable bonds is 2. The van der Waals surface area contributed by atoms with Crippen LogP contribution in [0.2, 0.25) is 0 Å². The van der Waals surface area contributed by atoms with Crippen molar-refractivity contribution in [2.45, 2.75) is 11.1 Å². The summed E-state index contributed by atoms with van der Waals surface area (Å²) in [4.78, 5) is -0.0506. The molecule has 140 valence electrons. The molecule has 4 rings (SSSR count). The van der Waals surface area contributed by atoms with E-state index in [0.717, 1.165) is 12.1 Å². The van der Waals surface area contributed by atoms with Crippen LogP contribution in [0.25, 0.3) is 27.6 Å². The molecule has 0 bridgehead atoms. The van der Waals surface area contributed by atoms with Gasteiger partial charge >= 0.3 is 6.18 Å². The van der Waals surface area contributed by atoms with E-state index in [0.29, 0.717) is 27.6 Å². The number of primary sulfonamides is 1. The fraction of sp³-hybridized carbons (Fsp3) is 0.118. The van der Waals surface area contributed by atoms with Crippen LogP contribution in [-0.4, -0.2) is 22.8 Å². The van der Waals surface area contributed by atoms with Gasteiger partial charge in [0.2, 0.25) is 10.0 Å². The van der Waals surface area contributed by atoms with Crippen molar-refractivity contribution in [1.29, 1.82) is 0 Å². The Hall–Kier alpha value is -2.85. The maximum absolute atomic E-state index is 12.8. The number of nitrogens with zero attached hydrogens (tertiary/aromatic N) is 3. The van der Waals surface area contributed by atoms with E-state index < -0.39 is 21.8 Å². The first kappa shape index (κ1) is 17.6. The highest BCUT2D eigenvalue weighted by Crippen LogP contribution is 2.34. The van der Waals surface area contributed by atoms with Gasteiger partial charge in [-0.1, -0.05) is 0 Å². The summed E-state index contributed by atoms with van der Waals surface area (Å²) in [5, 5.41) is 10.8. The number of alkyl halides is 3. The lowest BCUT2D eigenvalue weighted by Gasteiger charge is -2.10. The molecule has 6 nitrogen and oxygen atoms in total. The normalized spacial score (nSPS) is 12.9. The minimum atomic E-state index is -4.43. The van der Waals surface area contributed by atoms with E-state index in [1.165, 1.54) is 24.3 Å². The van der Waals surface area contributed by atoms with Crippen molar-refractivity contribution in [2.24, 2.45) is 12.2 Å². The van der Waals surface area contributed by atoms with Gasteiger partial charge in [-0.25, -0.2) is 13.6 Å². The topological polar surface area (TPSA) is 82.9 Å². The van der Waals surface area contributed by atoms with Crippen LogP contribution < -0.4 is 5.14 Å². The minimum Gasteiger partial charge on any atom is -0.292 e. The molecule has 2 heterocycles. The molecule has 0 radical (unpaired) electrons. The quantitative estimate of drug-likeness (QED) is 0.567. The van der Waals surface area contributed by atoms with E-state index in [-0.39, 0.29) is 4.90 Å². The molecule has 0 atom stereocenters. The van der Waals surface area contributed by atoms with Crippen molar-refractivity contribution in [3.8, 4) is 5.69 Å². The number of nitrogens with two attached hydrogens (primary N) is 1. The molecular formula is C17H13F3N4O2S. The van der Waals surface area contributed by atoms with Crippen molar-refractivity contribution in [3.05, 3.63) is 54.2 Å². The Morgan fingerprint density at radius 1 is 1.04 bits per heavy atom. The third kappa shape index (κ3) is 2.86. The standard InChI is InChI=1S/C17H13F3N4O2S/c1-23-9-14-13-8-12(27(21,25)26)6-7-15(13)24(16(14)22-23)11-4-2-10(3-5-11)17(18,19)20/h2-9H,1H3,(H2,21,25,26). The Balaban J connectivity index is 2.01. The lowest BCUT2D eigenvalue weighted by molar-refractivity contribution is -0.137. The Morgan fingerprint density at radius 2 is 1.70 bits per heavy atom. The van der Waals surface area contributed by atoms with Gasteiger partial charge in [-0.15, -0.1) is 0 Å². The zero-order valence-corrected chi connectivity index (χ0v) is 14.7. The molecule has 0 aliphatic rings. The second-order valence-electron chi connectivity index (χ2n) is 6.14. The number of benzene rings is 2. The Labute approximate surface area is 151 Å². The third-order valence-corrected chi connectivity index (χ3v) is 5.21. The van der Waals surface area contributed by atoms with Gasteiger partial charge in [-0.2, -0.15) is 18.3 Å². The lowest BCUT2D eigenvalue weighted by Crippen LogP contribution is -2.11. The van der Waals surface area contributed by atoms with E-state index in [2.05, 4.69) is 5.10 Å². The Morgan fingerprint density at radius 3 is 2.30 bits per heavy atom. The molecule has 4 aromatic rings. The maximum Gasteiger partial charge on any atom is 0.416 e. The molecule has 0 amide bonds. The molecule has 2 N–H and O–H groups in total. The van der Waals surface area contributed by atoms with Crippen molar-refractivity contribution < 1.29 is 21.6 Å². The van der Waals surface area contributed by atoms with E-state index >= 15 is 0 Å². The summed E-state index contributed by atoms with van der Waals surface area (Å²) in [7, 11) is -2.19. The van der Waals surface area contributed by atoms with Gasteiger partial charge in [-0.05, 0) is 42.5 Å². The summed E-state index contributed by atoms with van der Waals surface area (Å²) in [6.45, 7) is 0. The van der Waals surface area contributed by atoms with Crippen molar-refractivity contribution in [1.82, 2.24) is 14.3 Å². The SMILES string of the molecule is Cn1cc2c3cc(S(N)(=O)=O)ccc3n(-c3ccc(C(F)(F)F)cc3)c2n1. The van der Waals surface area contributed by atoms with Crippen molar-refractivity contribution >= 4 is 32.0 Å². The zero-order valence-electron chi connectivity index (χ0n) is 13.9. The van der Waals surface area contributed by atoms with E-state index in [1.807, 2.05) is 0 Å². The monoisotopic (exact) mass is 394 g/mol. The molecule has 0 spiro atoms. The summed E-state index contributed by atoms with van der Waals surface area (Å²) in [6.07, 6.45) is -2.72. The van der Waals surface area contributed by atoms with Crippen LogP contribution in [0.4, 0.5) is 13.2 Å². The van der Waals surface area contributed by atoms with Gasteiger partial charge in [0, 0.05) is 29.7 Å². The highest BCUT2D eigenvalue weighted by molar-refractivity contribution is 7.89. The molecule has 0 unspecified atom stereocenters. The highest BCUT2D eigenvalue weighted by atomic mass is 32.2. The summed E-state index contributed by atoms with van der Waals surface area (Å²) in [5.74, 6) is 0. The first-order chi connectivity index (χ1) is 12.6. The summed E-state index contributed by atoms with van der Waals surface area (Å²) >= 11 is 0. The van der Waals surface area contributed by atoms with Crippen LogP contribution >= 0.6 is 0 Å². The summed E-state index contributed by atoms with van der Waals surface area (Å²) < 4.78 is 65.1. The van der Waals surface area contributed by atoms with Crippen molar-refractivity contribution in [3.63, 3.8) is 0 Å². The van der Waals surface area contributed by atoms with Crippen LogP contribution in [0.1, 0.15) is 5.56 Å². The molecule has 0 aliphatic heterocycles. The first-order valence-electron chi connectivity index (χ1n) is 7.74. The van der Waals surface area contributed by atoms with Crippen molar-refractivity contribution in [2.75, 3.05) is 0 Å². The largest absolute Gasteiger partial charge is 0.416 e. The maximum atomic E-state index is 12.8. The molecule has 27 heavy (non-hydrogen) atoms. The number of halogens is 3. The number of hydrogen-bond acceptors (Lipinski definition) is 3. The first-order valence-corrected chi connectivity index (χ1v) is 9.28. The molecule has 10 heteroatoms. The number of hydrogen-bond donors (Lipinski definition) is 1. The highest BCUT2D eigenvalue weighted by Gasteiger charge is 2.30. The molecule has 0 aliphatic carbocycles. The van der Waals surface area contributed by atoms with Crippen LogP contribution in [0.15, 0.2) is 53.6 Å². The second kappa shape index (κ2) is 5.57. The van der Waals surface area contributed by atoms with Crippen LogP contribution in [0.5, 0.6) is 0 Å². The zero-order chi connectivity index (χ0) is 19.6. The number of fused-ring (bicyclic) bond motifs is 3. The van der Waals surface area contributed by atoms with Crippen LogP contribution in [0, 0.1) is 0 Å². The average molecular weight is 394 g/mol. The number of sulfonamides is 1. The molecule has 2 aromatic heterocycles. The average Bonchev–Trinajstić information content (AvgIpc) is 3.07. The second-order valence-corrected chi connectivity index (χ2v) is 7.71. The predicted octanol–water partition coefficient (Wildman–Crippen LogP) is 3.18. The number of aryl methyl sites for hydroxylation is 1. The van der Waals surface area contributed by atoms with Gasteiger partial charge in [0.25, 0.3) is 0 Å². The smallest absolute Gasteiger partial charge is 0.292 e. The van der Waals surface area contributed by atoms with Gasteiger partial charge < -0.3 is 0 Å². The van der Waals surface area contributed by atoms with Gasteiger partial charge in [0.05, 0.1) is 16.0 Å². The van der Waals surface area contributed by atoms with Gasteiger partial charge in [0.15, 0.2) is 5.65 Å². The molecule has 0 saturated heterocycles. The number of aromatic nitrogens is 3. The van der Waals surface area contributed by atoms with Gasteiger partial charge in [-0.3, -0.25) is 9.25 Å². The van der Waals surface area contributed by atoms with Crippen LogP contribution in [-0.2, 0) is 23.2 Å². The van der Waals surface area contributed by atoms with Gasteiger partial charge in [0.1, 0.15) is 0 Å². The molecule has 0 fully saturated rings. The third-order valence-electron chi connectivity index (χ3n) is 4.30. The summed E-state index contributed by atoms with van der Waals surface area (Å²) in [5.41, 5.74) is 0.834.